The fraction of sp³-hybridized carbons (Fsp3) is 0.250. The molecular weight excluding hydrogens is 408 g/mol. The van der Waals surface area contributed by atoms with Crippen LogP contribution in [0, 0.1) is 6.92 Å². The van der Waals surface area contributed by atoms with Crippen LogP contribution in [0.5, 0.6) is 0 Å². The van der Waals surface area contributed by atoms with Gasteiger partial charge in [-0.1, -0.05) is 46.2 Å². The van der Waals surface area contributed by atoms with Crippen LogP contribution in [-0.2, 0) is 23.3 Å². The minimum Gasteiger partial charge on any atom is -0.399 e. The molecule has 0 spiro atoms. The van der Waals surface area contributed by atoms with Crippen LogP contribution in [0.1, 0.15) is 23.6 Å². The number of rotatable bonds is 7. The molecule has 10 heteroatoms. The summed E-state index contributed by atoms with van der Waals surface area (Å²) in [6.07, 6.45) is 0. The van der Waals surface area contributed by atoms with E-state index in [0.29, 0.717) is 22.1 Å². The molecule has 3 rings (SSSR count). The summed E-state index contributed by atoms with van der Waals surface area (Å²) in [6.45, 7) is 3.81. The van der Waals surface area contributed by atoms with Gasteiger partial charge in [0.05, 0.1) is 5.69 Å². The average molecular weight is 429 g/mol. The van der Waals surface area contributed by atoms with Gasteiger partial charge in [0.1, 0.15) is 25.1 Å². The second-order valence-corrected chi connectivity index (χ2v) is 6.89. The Labute approximate surface area is 178 Å². The van der Waals surface area contributed by atoms with Gasteiger partial charge in [0.25, 0.3) is 0 Å². The molecule has 2 aromatic carbocycles. The minimum atomic E-state index is -0.348. The average Bonchev–Trinajstić information content (AvgIpc) is 3.06. The number of tetrazole rings is 1. The van der Waals surface area contributed by atoms with Crippen molar-refractivity contribution in [1.29, 1.82) is 0 Å². The third-order valence-corrected chi connectivity index (χ3v) is 4.64. The fourth-order valence-electron chi connectivity index (χ4n) is 2.80. The summed E-state index contributed by atoms with van der Waals surface area (Å²) in [5.41, 5.74) is 3.77. The lowest BCUT2D eigenvalue weighted by Gasteiger charge is -2.11. The molecule has 156 valence electrons. The first kappa shape index (κ1) is 21.3. The number of aromatic nitrogens is 4. The number of halogens is 1. The Morgan fingerprint density at radius 1 is 1.13 bits per heavy atom. The number of nitrogens with zero attached hydrogens (tertiary/aromatic N) is 6. The Hall–Kier alpha value is -3.46. The van der Waals surface area contributed by atoms with Crippen molar-refractivity contribution in [3.05, 3.63) is 74.7 Å². The van der Waals surface area contributed by atoms with E-state index in [4.69, 9.17) is 21.3 Å². The standard InChI is InChI=1S/C20H21ClN6O3/c1-13-6-5-7-18(27-20(28)26(3)24-25-27)17(13)12-30-22-14(2)19(23-29-4)15-8-10-16(21)11-9-15/h5-11H,12H2,1-4H3. The number of hydrogen-bond donors (Lipinski definition) is 0. The molecule has 3 aromatic rings. The highest BCUT2D eigenvalue weighted by molar-refractivity contribution is 6.47. The van der Waals surface area contributed by atoms with Gasteiger partial charge in [-0.15, -0.1) is 0 Å². The van der Waals surface area contributed by atoms with Crippen LogP contribution in [0.2, 0.25) is 5.02 Å². The van der Waals surface area contributed by atoms with Gasteiger partial charge in [-0.25, -0.2) is 4.79 Å². The van der Waals surface area contributed by atoms with Crippen LogP contribution in [-0.4, -0.2) is 38.3 Å². The minimum absolute atomic E-state index is 0.128. The molecule has 0 radical (unpaired) electrons. The molecular formula is C20H21ClN6O3. The number of oxime groups is 2. The third-order valence-electron chi connectivity index (χ3n) is 4.39. The van der Waals surface area contributed by atoms with E-state index < -0.39 is 0 Å². The lowest BCUT2D eigenvalue weighted by Crippen LogP contribution is -2.23. The molecule has 0 N–H and O–H groups in total. The lowest BCUT2D eigenvalue weighted by molar-refractivity contribution is 0.130. The van der Waals surface area contributed by atoms with Gasteiger partial charge in [-0.2, -0.15) is 9.36 Å². The Morgan fingerprint density at radius 2 is 1.87 bits per heavy atom. The zero-order valence-corrected chi connectivity index (χ0v) is 17.8. The smallest absolute Gasteiger partial charge is 0.368 e. The van der Waals surface area contributed by atoms with E-state index >= 15 is 0 Å². The van der Waals surface area contributed by atoms with Crippen molar-refractivity contribution >= 4 is 23.0 Å². The SMILES string of the molecule is CON=C(C(C)=NOCc1c(C)cccc1-n1nnn(C)c1=O)c1ccc(Cl)cc1. The van der Waals surface area contributed by atoms with Crippen molar-refractivity contribution in [3.8, 4) is 5.69 Å². The largest absolute Gasteiger partial charge is 0.399 e. The molecule has 0 aliphatic heterocycles. The first-order valence-electron chi connectivity index (χ1n) is 9.04. The van der Waals surface area contributed by atoms with Crippen molar-refractivity contribution < 1.29 is 9.68 Å². The summed E-state index contributed by atoms with van der Waals surface area (Å²) in [5.74, 6) is 0. The molecule has 0 bridgehead atoms. The van der Waals surface area contributed by atoms with Gasteiger partial charge in [-0.05, 0) is 48.0 Å². The Bertz CT molecular complexity index is 1150. The van der Waals surface area contributed by atoms with Crippen molar-refractivity contribution in [3.63, 3.8) is 0 Å². The molecule has 0 saturated carbocycles. The summed E-state index contributed by atoms with van der Waals surface area (Å²) in [4.78, 5) is 22.8. The molecule has 0 amide bonds. The van der Waals surface area contributed by atoms with Crippen molar-refractivity contribution in [2.24, 2.45) is 17.4 Å². The number of benzene rings is 2. The second kappa shape index (κ2) is 9.36. The van der Waals surface area contributed by atoms with Gasteiger partial charge >= 0.3 is 5.69 Å². The maximum atomic E-state index is 12.3. The fourth-order valence-corrected chi connectivity index (χ4v) is 2.93. The highest BCUT2D eigenvalue weighted by atomic mass is 35.5. The highest BCUT2D eigenvalue weighted by Gasteiger charge is 2.14. The van der Waals surface area contributed by atoms with Gasteiger partial charge in [-0.3, -0.25) is 0 Å². The van der Waals surface area contributed by atoms with Crippen LogP contribution in [0.3, 0.4) is 0 Å². The zero-order chi connectivity index (χ0) is 21.7. The summed E-state index contributed by atoms with van der Waals surface area (Å²) in [7, 11) is 3.00. The number of hydrogen-bond acceptors (Lipinski definition) is 7. The summed E-state index contributed by atoms with van der Waals surface area (Å²) in [6, 6.07) is 12.7. The topological polar surface area (TPSA) is 95.9 Å². The van der Waals surface area contributed by atoms with Gasteiger partial charge in [0.15, 0.2) is 0 Å². The van der Waals surface area contributed by atoms with Crippen LogP contribution in [0.15, 0.2) is 57.6 Å². The molecule has 1 heterocycles. The van der Waals surface area contributed by atoms with E-state index in [9.17, 15) is 4.79 Å². The van der Waals surface area contributed by atoms with E-state index in [1.165, 1.54) is 11.8 Å². The lowest BCUT2D eigenvalue weighted by atomic mass is 10.1. The summed E-state index contributed by atoms with van der Waals surface area (Å²) < 4.78 is 2.39. The first-order chi connectivity index (χ1) is 14.4. The summed E-state index contributed by atoms with van der Waals surface area (Å²) >= 11 is 5.96. The predicted molar refractivity (Wildman–Crippen MR) is 114 cm³/mol. The molecule has 1 aromatic heterocycles. The Kier molecular flexibility index (Phi) is 6.63. The molecule has 0 aliphatic rings. The van der Waals surface area contributed by atoms with Crippen molar-refractivity contribution in [2.75, 3.05) is 7.11 Å². The second-order valence-electron chi connectivity index (χ2n) is 6.45. The highest BCUT2D eigenvalue weighted by Crippen LogP contribution is 2.18. The van der Waals surface area contributed by atoms with Crippen molar-refractivity contribution in [1.82, 2.24) is 19.8 Å². The maximum absolute atomic E-state index is 12.3. The molecule has 0 atom stereocenters. The molecule has 0 saturated heterocycles. The van der Waals surface area contributed by atoms with E-state index in [1.807, 2.05) is 31.2 Å². The van der Waals surface area contributed by atoms with E-state index in [2.05, 4.69) is 20.7 Å². The predicted octanol–water partition coefficient (Wildman–Crippen LogP) is 2.87. The molecule has 30 heavy (non-hydrogen) atoms. The quantitative estimate of drug-likeness (QED) is 0.426. The Morgan fingerprint density at radius 3 is 2.50 bits per heavy atom. The monoisotopic (exact) mass is 428 g/mol. The molecule has 0 unspecified atom stereocenters. The van der Waals surface area contributed by atoms with Crippen LogP contribution >= 0.6 is 11.6 Å². The van der Waals surface area contributed by atoms with Crippen LogP contribution in [0.4, 0.5) is 0 Å². The van der Waals surface area contributed by atoms with Gasteiger partial charge in [0, 0.05) is 23.2 Å². The Balaban J connectivity index is 1.85. The van der Waals surface area contributed by atoms with E-state index in [0.717, 1.165) is 21.4 Å². The van der Waals surface area contributed by atoms with Crippen LogP contribution in [0.25, 0.3) is 5.69 Å². The molecule has 0 aliphatic carbocycles. The van der Waals surface area contributed by atoms with Gasteiger partial charge in [0.2, 0.25) is 0 Å². The third kappa shape index (κ3) is 4.57. The summed E-state index contributed by atoms with van der Waals surface area (Å²) in [5, 5.41) is 16.5. The number of aryl methyl sites for hydroxylation is 2. The van der Waals surface area contributed by atoms with Crippen LogP contribution < -0.4 is 5.69 Å². The first-order valence-corrected chi connectivity index (χ1v) is 9.42. The van der Waals surface area contributed by atoms with Gasteiger partial charge < -0.3 is 9.68 Å². The van der Waals surface area contributed by atoms with E-state index in [-0.39, 0.29) is 12.3 Å². The molecule has 9 nitrogen and oxygen atoms in total. The van der Waals surface area contributed by atoms with E-state index in [1.54, 1.807) is 32.2 Å². The normalized spacial score (nSPS) is 12.2. The zero-order valence-electron chi connectivity index (χ0n) is 17.0. The van der Waals surface area contributed by atoms with Crippen molar-refractivity contribution in [2.45, 2.75) is 20.5 Å². The maximum Gasteiger partial charge on any atom is 0.368 e. The molecule has 0 fully saturated rings.